The first-order valence-electron chi connectivity index (χ1n) is 12.3. The maximum Gasteiger partial charge on any atom is 0.407 e. The van der Waals surface area contributed by atoms with Crippen LogP contribution >= 0.6 is 0 Å². The van der Waals surface area contributed by atoms with Crippen LogP contribution in [0, 0.1) is 18.3 Å². The molecule has 1 atom stereocenters. The number of nitriles is 1. The molecule has 39 heavy (non-hydrogen) atoms. The highest BCUT2D eigenvalue weighted by Gasteiger charge is 2.32. The fourth-order valence-corrected chi connectivity index (χ4v) is 7.09. The zero-order chi connectivity index (χ0) is 28.6. The van der Waals surface area contributed by atoms with E-state index in [-0.39, 0.29) is 28.6 Å². The largest absolute Gasteiger partial charge is 0.444 e. The van der Waals surface area contributed by atoms with Gasteiger partial charge in [0.1, 0.15) is 11.7 Å². The van der Waals surface area contributed by atoms with E-state index >= 15 is 0 Å². The minimum Gasteiger partial charge on any atom is -0.444 e. The van der Waals surface area contributed by atoms with E-state index in [1.165, 1.54) is 34.8 Å². The average molecular weight is 574 g/mol. The number of aryl methyl sites for hydroxylation is 1. The Balaban J connectivity index is 1.50. The molecule has 2 aromatic carbocycles. The van der Waals surface area contributed by atoms with Crippen LogP contribution in [0.2, 0.25) is 0 Å². The summed E-state index contributed by atoms with van der Waals surface area (Å²) in [4.78, 5) is 14.9. The normalized spacial score (nSPS) is 16.9. The molecule has 1 aromatic heterocycles. The Bertz CT molecular complexity index is 1650. The highest BCUT2D eigenvalue weighted by Crippen LogP contribution is 2.30. The molecule has 11 nitrogen and oxygen atoms in total. The number of ether oxygens (including phenoxy) is 1. The van der Waals surface area contributed by atoms with Gasteiger partial charge < -0.3 is 15.0 Å². The lowest BCUT2D eigenvalue weighted by atomic mass is 10.1. The van der Waals surface area contributed by atoms with Gasteiger partial charge in [0.05, 0.1) is 26.6 Å². The second-order valence-corrected chi connectivity index (χ2v) is 14.0. The third-order valence-corrected chi connectivity index (χ3v) is 9.55. The maximum absolute atomic E-state index is 13.3. The van der Waals surface area contributed by atoms with Gasteiger partial charge in [0.25, 0.3) is 10.0 Å². The third-order valence-electron chi connectivity index (χ3n) is 6.29. The van der Waals surface area contributed by atoms with Crippen LogP contribution in [0.1, 0.15) is 44.7 Å². The number of alkyl carbamates (subject to hydrolysis) is 1. The summed E-state index contributed by atoms with van der Waals surface area (Å²) in [6.07, 6.45) is 2.07. The Morgan fingerprint density at radius 3 is 2.41 bits per heavy atom. The number of hydrogen-bond acceptors (Lipinski definition) is 7. The third kappa shape index (κ3) is 6.19. The van der Waals surface area contributed by atoms with Crippen LogP contribution in [0.3, 0.4) is 0 Å². The minimum atomic E-state index is -4.06. The van der Waals surface area contributed by atoms with Crippen LogP contribution < -0.4 is 10.0 Å². The molecule has 0 aliphatic carbocycles. The number of carbonyl (C=O) groups is 1. The topological polar surface area (TPSA) is 161 Å². The number of piperidine rings is 1. The smallest absolute Gasteiger partial charge is 0.407 e. The highest BCUT2D eigenvalue weighted by atomic mass is 32.2. The van der Waals surface area contributed by atoms with Gasteiger partial charge in [-0.05, 0) is 76.4 Å². The first kappa shape index (κ1) is 28.4. The molecule has 0 radical (unpaired) electrons. The molecule has 13 heteroatoms. The number of aromatic amines is 1. The van der Waals surface area contributed by atoms with Crippen LogP contribution in [0.4, 0.5) is 10.5 Å². The van der Waals surface area contributed by atoms with Crippen LogP contribution in [-0.4, -0.2) is 57.0 Å². The second kappa shape index (κ2) is 10.5. The van der Waals surface area contributed by atoms with Crippen LogP contribution in [-0.2, 0) is 24.8 Å². The molecule has 2 heterocycles. The summed E-state index contributed by atoms with van der Waals surface area (Å²) in [6, 6.07) is 9.96. The number of nitrogens with one attached hydrogen (secondary N) is 3. The standard InChI is InChI=1S/C26H31N5O6S2/c1-17-7-12-22(24-23(17)18(14-27)15-28-24)30-38(33,34)20-8-10-21(11-9-20)39(35,36)31-13-5-6-19(16-31)29-25(32)37-26(2,3)4/h7-12,15,19,28,30H,5-6,13,16H2,1-4H3,(H,29,32). The van der Waals surface area contributed by atoms with Crippen molar-refractivity contribution in [2.24, 2.45) is 0 Å². The van der Waals surface area contributed by atoms with Crippen molar-refractivity contribution in [2.45, 2.75) is 62.0 Å². The van der Waals surface area contributed by atoms with Crippen molar-refractivity contribution in [3.05, 3.63) is 53.7 Å². The maximum atomic E-state index is 13.3. The van der Waals surface area contributed by atoms with Gasteiger partial charge in [-0.3, -0.25) is 4.72 Å². The first-order valence-corrected chi connectivity index (χ1v) is 15.3. The van der Waals surface area contributed by atoms with Crippen molar-refractivity contribution in [3.8, 4) is 6.07 Å². The van der Waals surface area contributed by atoms with Gasteiger partial charge in [0.15, 0.2) is 0 Å². The molecule has 0 spiro atoms. The lowest BCUT2D eigenvalue weighted by molar-refractivity contribution is 0.0487. The second-order valence-electron chi connectivity index (χ2n) is 10.4. The molecule has 208 valence electrons. The Morgan fingerprint density at radius 2 is 1.77 bits per heavy atom. The van der Waals surface area contributed by atoms with E-state index in [9.17, 15) is 26.9 Å². The van der Waals surface area contributed by atoms with Crippen molar-refractivity contribution in [2.75, 3.05) is 17.8 Å². The van der Waals surface area contributed by atoms with Crippen LogP contribution in [0.25, 0.3) is 10.9 Å². The zero-order valence-corrected chi connectivity index (χ0v) is 23.7. The number of hydrogen-bond donors (Lipinski definition) is 3. The lowest BCUT2D eigenvalue weighted by Crippen LogP contribution is -2.50. The summed E-state index contributed by atoms with van der Waals surface area (Å²) >= 11 is 0. The number of fused-ring (bicyclic) bond motifs is 1. The number of aromatic nitrogens is 1. The SMILES string of the molecule is Cc1ccc(NS(=O)(=O)c2ccc(S(=O)(=O)N3CCCC(NC(=O)OC(C)(C)C)C3)cc2)c2[nH]cc(C#N)c12. The Hall–Kier alpha value is -3.60. The molecular weight excluding hydrogens is 542 g/mol. The van der Waals surface area contributed by atoms with Crippen molar-refractivity contribution < 1.29 is 26.4 Å². The molecular formula is C26H31N5O6S2. The summed E-state index contributed by atoms with van der Waals surface area (Å²) in [5, 5.41) is 12.7. The van der Waals surface area contributed by atoms with E-state index in [1.54, 1.807) is 32.9 Å². The molecule has 1 saturated heterocycles. The Kier molecular flexibility index (Phi) is 7.66. The molecule has 0 bridgehead atoms. The van der Waals surface area contributed by atoms with E-state index in [2.05, 4.69) is 21.1 Å². The van der Waals surface area contributed by atoms with Crippen molar-refractivity contribution in [1.82, 2.24) is 14.6 Å². The number of sulfonamides is 2. The highest BCUT2D eigenvalue weighted by molar-refractivity contribution is 7.92. The van der Waals surface area contributed by atoms with E-state index in [1.807, 2.05) is 6.92 Å². The molecule has 1 fully saturated rings. The molecule has 1 unspecified atom stereocenters. The predicted molar refractivity (Wildman–Crippen MR) is 146 cm³/mol. The summed E-state index contributed by atoms with van der Waals surface area (Å²) in [5.41, 5.74) is 1.30. The predicted octanol–water partition coefficient (Wildman–Crippen LogP) is 3.83. The summed E-state index contributed by atoms with van der Waals surface area (Å²) in [5.74, 6) is 0. The van der Waals surface area contributed by atoms with Crippen molar-refractivity contribution in [1.29, 1.82) is 5.26 Å². The molecule has 3 N–H and O–H groups in total. The average Bonchev–Trinajstić information content (AvgIpc) is 3.30. The summed E-state index contributed by atoms with van der Waals surface area (Å²) in [7, 11) is -7.99. The number of H-pyrrole nitrogens is 1. The fraction of sp³-hybridized carbons (Fsp3) is 0.385. The van der Waals surface area contributed by atoms with E-state index in [0.717, 1.165) is 5.56 Å². The van der Waals surface area contributed by atoms with Gasteiger partial charge in [-0.1, -0.05) is 6.07 Å². The quantitative estimate of drug-likeness (QED) is 0.404. The first-order chi connectivity index (χ1) is 18.2. The molecule has 1 aliphatic heterocycles. The van der Waals surface area contributed by atoms with E-state index < -0.39 is 37.8 Å². The molecule has 3 aromatic rings. The van der Waals surface area contributed by atoms with Crippen LogP contribution in [0.15, 0.2) is 52.4 Å². The number of rotatable bonds is 6. The van der Waals surface area contributed by atoms with Crippen molar-refractivity contribution in [3.63, 3.8) is 0 Å². The number of benzene rings is 2. The Labute approximate surface area is 228 Å². The van der Waals surface area contributed by atoms with Crippen LogP contribution in [0.5, 0.6) is 0 Å². The van der Waals surface area contributed by atoms with E-state index in [0.29, 0.717) is 29.3 Å². The monoisotopic (exact) mass is 573 g/mol. The van der Waals surface area contributed by atoms with Gasteiger partial charge in [0.2, 0.25) is 10.0 Å². The van der Waals surface area contributed by atoms with Gasteiger partial charge >= 0.3 is 6.09 Å². The molecule has 1 amide bonds. The number of amides is 1. The van der Waals surface area contributed by atoms with Crippen molar-refractivity contribution >= 4 is 42.7 Å². The lowest BCUT2D eigenvalue weighted by Gasteiger charge is -2.32. The summed E-state index contributed by atoms with van der Waals surface area (Å²) < 4.78 is 61.9. The molecule has 0 saturated carbocycles. The fourth-order valence-electron chi connectivity index (χ4n) is 4.49. The van der Waals surface area contributed by atoms with Gasteiger partial charge in [0, 0.05) is 30.7 Å². The zero-order valence-electron chi connectivity index (χ0n) is 22.1. The number of anilines is 1. The minimum absolute atomic E-state index is 0.0554. The van der Waals surface area contributed by atoms with Gasteiger partial charge in [-0.2, -0.15) is 9.57 Å². The van der Waals surface area contributed by atoms with Gasteiger partial charge in [-0.25, -0.2) is 21.6 Å². The molecule has 4 rings (SSSR count). The van der Waals surface area contributed by atoms with E-state index in [4.69, 9.17) is 4.74 Å². The summed E-state index contributed by atoms with van der Waals surface area (Å²) in [6.45, 7) is 7.42. The number of carbonyl (C=O) groups excluding carboxylic acids is 1. The number of nitrogens with zero attached hydrogens (tertiary/aromatic N) is 2. The van der Waals surface area contributed by atoms with Gasteiger partial charge in [-0.15, -0.1) is 0 Å². The Morgan fingerprint density at radius 1 is 1.10 bits per heavy atom. The molecule has 1 aliphatic rings.